The van der Waals surface area contributed by atoms with Gasteiger partial charge in [0.25, 0.3) is 0 Å². The van der Waals surface area contributed by atoms with E-state index in [0.29, 0.717) is 12.8 Å². The Morgan fingerprint density at radius 2 is 0.767 bits per heavy atom. The lowest BCUT2D eigenvalue weighted by Crippen LogP contribution is -2.60. The first-order valence-corrected chi connectivity index (χ1v) is 32.4. The molecule has 1 fully saturated rings. The Morgan fingerprint density at radius 1 is 0.452 bits per heavy atom. The van der Waals surface area contributed by atoms with Crippen LogP contribution in [0.5, 0.6) is 0 Å². The molecule has 9 heteroatoms. The van der Waals surface area contributed by atoms with Crippen LogP contribution in [0.2, 0.25) is 0 Å². The van der Waals surface area contributed by atoms with Gasteiger partial charge in [0.1, 0.15) is 24.4 Å². The van der Waals surface area contributed by atoms with Gasteiger partial charge in [-0.05, 0) is 38.5 Å². The van der Waals surface area contributed by atoms with Gasteiger partial charge < -0.3 is 40.3 Å². The summed E-state index contributed by atoms with van der Waals surface area (Å²) in [6.45, 7) is 3.89. The van der Waals surface area contributed by atoms with Gasteiger partial charge in [-0.2, -0.15) is 0 Å². The van der Waals surface area contributed by atoms with Crippen LogP contribution >= 0.6 is 0 Å². The second-order valence-corrected chi connectivity index (χ2v) is 22.9. The van der Waals surface area contributed by atoms with Crippen molar-refractivity contribution in [2.45, 2.75) is 378 Å². The van der Waals surface area contributed by atoms with Crippen molar-refractivity contribution in [1.82, 2.24) is 5.32 Å². The lowest BCUT2D eigenvalue weighted by atomic mass is 9.99. The number of aliphatic hydroxyl groups is 5. The number of hydrogen-bond acceptors (Lipinski definition) is 8. The zero-order valence-electron chi connectivity index (χ0n) is 48.4. The summed E-state index contributed by atoms with van der Waals surface area (Å²) in [5.74, 6) is -0.138. The lowest BCUT2D eigenvalue weighted by molar-refractivity contribution is -0.302. The number of amides is 1. The van der Waals surface area contributed by atoms with Gasteiger partial charge in [0.2, 0.25) is 5.91 Å². The Balaban J connectivity index is 2.14. The average Bonchev–Trinajstić information content (AvgIpc) is 3.39. The van der Waals surface area contributed by atoms with Gasteiger partial charge in [-0.1, -0.05) is 302 Å². The highest BCUT2D eigenvalue weighted by atomic mass is 16.7. The number of ether oxygens (including phenoxy) is 2. The number of carbonyl (C=O) groups is 1. The molecule has 1 saturated heterocycles. The maximum atomic E-state index is 13.1. The highest BCUT2D eigenvalue weighted by Crippen LogP contribution is 2.24. The SMILES string of the molecule is CCCCCCCCCCCCCC/C=C\CCCCCCCCCCCCCC(=O)NC(COC1OC(CO)C(O)C(O)C1O)C(O)CCCCCCCCCCCCCCCCCCCCCCCCC. The molecule has 434 valence electrons. The van der Waals surface area contributed by atoms with Crippen molar-refractivity contribution in [1.29, 1.82) is 0 Å². The number of allylic oxidation sites excluding steroid dienone is 2. The smallest absolute Gasteiger partial charge is 0.220 e. The van der Waals surface area contributed by atoms with Crippen LogP contribution in [0.3, 0.4) is 0 Å². The molecule has 9 nitrogen and oxygen atoms in total. The fourth-order valence-electron chi connectivity index (χ4n) is 10.7. The van der Waals surface area contributed by atoms with E-state index in [0.717, 1.165) is 38.5 Å². The van der Waals surface area contributed by atoms with E-state index in [1.54, 1.807) is 0 Å². The first-order valence-electron chi connectivity index (χ1n) is 32.4. The molecule has 0 bridgehead atoms. The predicted molar refractivity (Wildman–Crippen MR) is 309 cm³/mol. The summed E-state index contributed by atoms with van der Waals surface area (Å²) >= 11 is 0. The molecule has 0 spiro atoms. The molecule has 0 aromatic rings. The van der Waals surface area contributed by atoms with Gasteiger partial charge in [0.15, 0.2) is 6.29 Å². The summed E-state index contributed by atoms with van der Waals surface area (Å²) in [5, 5.41) is 54.8. The van der Waals surface area contributed by atoms with Crippen LogP contribution in [0, 0.1) is 0 Å². The second-order valence-electron chi connectivity index (χ2n) is 22.9. The van der Waals surface area contributed by atoms with Crippen LogP contribution in [0.15, 0.2) is 12.2 Å². The standard InChI is InChI=1S/C64H125NO8/c1-3-5-7-9-11-13-15-17-19-21-23-25-27-28-29-30-32-34-36-38-40-42-44-46-48-50-52-54-60(68)65-57(56-72-64-63(71)62(70)61(69)59(55-66)73-64)58(67)53-51-49-47-45-43-41-39-37-35-33-31-26-24-22-20-18-16-14-12-10-8-6-4-2/h28-29,57-59,61-64,66-67,69-71H,3-27,30-56H2,1-2H3,(H,65,68)/b29-28-. The Morgan fingerprint density at radius 3 is 1.11 bits per heavy atom. The molecule has 1 amide bonds. The molecule has 0 aliphatic carbocycles. The molecule has 0 radical (unpaired) electrons. The molecule has 1 rings (SSSR count). The molecule has 0 aromatic heterocycles. The zero-order valence-corrected chi connectivity index (χ0v) is 48.4. The Hall–Kier alpha value is -1.07. The third-order valence-corrected chi connectivity index (χ3v) is 15.9. The molecule has 6 N–H and O–H groups in total. The van der Waals surface area contributed by atoms with Gasteiger partial charge in [-0.25, -0.2) is 0 Å². The minimum absolute atomic E-state index is 0.133. The number of nitrogens with one attached hydrogen (secondary N) is 1. The topological polar surface area (TPSA) is 149 Å². The van der Waals surface area contributed by atoms with E-state index < -0.39 is 49.5 Å². The van der Waals surface area contributed by atoms with Crippen molar-refractivity contribution in [3.05, 3.63) is 12.2 Å². The van der Waals surface area contributed by atoms with Crippen LogP contribution < -0.4 is 5.32 Å². The van der Waals surface area contributed by atoms with Crippen molar-refractivity contribution >= 4 is 5.91 Å². The summed E-state index contributed by atoms with van der Waals surface area (Å²) in [7, 11) is 0. The van der Waals surface area contributed by atoms with Crippen LogP contribution in [-0.4, -0.2) is 87.5 Å². The van der Waals surface area contributed by atoms with E-state index >= 15 is 0 Å². The number of rotatable bonds is 57. The maximum absolute atomic E-state index is 13.1. The first-order chi connectivity index (χ1) is 35.8. The summed E-state index contributed by atoms with van der Waals surface area (Å²) < 4.78 is 11.4. The minimum Gasteiger partial charge on any atom is -0.394 e. The maximum Gasteiger partial charge on any atom is 0.220 e. The van der Waals surface area contributed by atoms with Crippen LogP contribution in [-0.2, 0) is 14.3 Å². The van der Waals surface area contributed by atoms with Gasteiger partial charge in [0.05, 0.1) is 25.4 Å². The highest BCUT2D eigenvalue weighted by molar-refractivity contribution is 5.76. The molecule has 0 saturated carbocycles. The molecular weight excluding hydrogens is 911 g/mol. The van der Waals surface area contributed by atoms with Gasteiger partial charge in [-0.15, -0.1) is 0 Å². The van der Waals surface area contributed by atoms with Crippen molar-refractivity contribution in [2.24, 2.45) is 0 Å². The van der Waals surface area contributed by atoms with E-state index in [-0.39, 0.29) is 12.5 Å². The number of carbonyl (C=O) groups excluding carboxylic acids is 1. The van der Waals surface area contributed by atoms with Crippen LogP contribution in [0.25, 0.3) is 0 Å². The molecule has 1 aliphatic heterocycles. The molecule has 1 heterocycles. The predicted octanol–water partition coefficient (Wildman–Crippen LogP) is 16.7. The number of aliphatic hydroxyl groups excluding tert-OH is 5. The molecule has 1 aliphatic rings. The van der Waals surface area contributed by atoms with E-state index in [4.69, 9.17) is 9.47 Å². The quantitative estimate of drug-likeness (QED) is 0.0261. The fourth-order valence-corrected chi connectivity index (χ4v) is 10.7. The average molecular weight is 1040 g/mol. The Kier molecular flexibility index (Phi) is 52.0. The van der Waals surface area contributed by atoms with E-state index in [2.05, 4.69) is 31.3 Å². The van der Waals surface area contributed by atoms with Crippen molar-refractivity contribution in [2.75, 3.05) is 13.2 Å². The van der Waals surface area contributed by atoms with Gasteiger partial charge in [0, 0.05) is 6.42 Å². The molecular formula is C64H125NO8. The fraction of sp³-hybridized carbons (Fsp3) is 0.953. The minimum atomic E-state index is -1.55. The van der Waals surface area contributed by atoms with Gasteiger partial charge in [-0.3, -0.25) is 4.79 Å². The molecule has 7 unspecified atom stereocenters. The third kappa shape index (κ3) is 43.6. The summed E-state index contributed by atoms with van der Waals surface area (Å²) in [5.41, 5.74) is 0. The summed E-state index contributed by atoms with van der Waals surface area (Å²) in [4.78, 5) is 13.1. The third-order valence-electron chi connectivity index (χ3n) is 15.9. The monoisotopic (exact) mass is 1040 g/mol. The normalized spacial score (nSPS) is 19.0. The van der Waals surface area contributed by atoms with E-state index in [1.165, 1.54) is 270 Å². The Bertz CT molecular complexity index is 1150. The van der Waals surface area contributed by atoms with Crippen LogP contribution in [0.4, 0.5) is 0 Å². The van der Waals surface area contributed by atoms with Crippen molar-refractivity contribution < 1.29 is 39.8 Å². The van der Waals surface area contributed by atoms with E-state index in [9.17, 15) is 30.3 Å². The highest BCUT2D eigenvalue weighted by Gasteiger charge is 2.44. The second kappa shape index (κ2) is 54.3. The largest absolute Gasteiger partial charge is 0.394 e. The molecule has 0 aromatic carbocycles. The van der Waals surface area contributed by atoms with Crippen molar-refractivity contribution in [3.8, 4) is 0 Å². The zero-order chi connectivity index (χ0) is 52.9. The van der Waals surface area contributed by atoms with Crippen molar-refractivity contribution in [3.63, 3.8) is 0 Å². The van der Waals surface area contributed by atoms with Gasteiger partial charge >= 0.3 is 0 Å². The number of hydrogen-bond donors (Lipinski definition) is 6. The van der Waals surface area contributed by atoms with Crippen LogP contribution in [0.1, 0.15) is 335 Å². The molecule has 73 heavy (non-hydrogen) atoms. The number of unbranched alkanes of at least 4 members (excludes halogenated alkanes) is 45. The lowest BCUT2D eigenvalue weighted by Gasteiger charge is -2.40. The molecule has 7 atom stereocenters. The summed E-state index contributed by atoms with van der Waals surface area (Å²) in [6.07, 6.45) is 61.2. The van der Waals surface area contributed by atoms with E-state index in [1.807, 2.05) is 0 Å². The Labute approximate surface area is 452 Å². The summed E-state index contributed by atoms with van der Waals surface area (Å²) in [6, 6.07) is -0.718. The first kappa shape index (κ1) is 69.9.